The summed E-state index contributed by atoms with van der Waals surface area (Å²) in [6.07, 6.45) is 1.91. The molecule has 0 bridgehead atoms. The molecule has 0 saturated carbocycles. The maximum Gasteiger partial charge on any atom is 0.179 e. The van der Waals surface area contributed by atoms with Crippen molar-refractivity contribution in [3.05, 3.63) is 56.9 Å². The highest BCUT2D eigenvalue weighted by Gasteiger charge is 2.04. The summed E-state index contributed by atoms with van der Waals surface area (Å²) in [5, 5.41) is 5.15. The quantitative estimate of drug-likeness (QED) is 0.491. The zero-order valence-corrected chi connectivity index (χ0v) is 14.5. The van der Waals surface area contributed by atoms with E-state index in [1.54, 1.807) is 12.1 Å². The van der Waals surface area contributed by atoms with Gasteiger partial charge in [-0.05, 0) is 55.3 Å². The van der Waals surface area contributed by atoms with Gasteiger partial charge in [0.05, 0.1) is 12.1 Å². The van der Waals surface area contributed by atoms with Crippen LogP contribution in [-0.2, 0) is 13.0 Å². The van der Waals surface area contributed by atoms with Crippen molar-refractivity contribution < 1.29 is 0 Å². The van der Waals surface area contributed by atoms with Crippen LogP contribution in [0.4, 0.5) is 0 Å². The molecule has 7 heteroatoms. The van der Waals surface area contributed by atoms with Crippen molar-refractivity contribution >= 4 is 46.0 Å². The Hall–Kier alpha value is -1.33. The highest BCUT2D eigenvalue weighted by Crippen LogP contribution is 2.19. The molecule has 0 aliphatic rings. The average molecular weight is 370 g/mol. The second-order valence-corrected chi connectivity index (χ2v) is 6.51. The second-order valence-electron chi connectivity index (χ2n) is 5.25. The van der Waals surface area contributed by atoms with E-state index in [0.29, 0.717) is 27.4 Å². The summed E-state index contributed by atoms with van der Waals surface area (Å²) in [6, 6.07) is 9.26. The third kappa shape index (κ3) is 4.58. The van der Waals surface area contributed by atoms with E-state index >= 15 is 0 Å². The second kappa shape index (κ2) is 7.49. The Labute approximate surface area is 149 Å². The Kier molecular flexibility index (Phi) is 5.38. The molecule has 120 valence electrons. The number of pyridine rings is 1. The lowest BCUT2D eigenvalue weighted by Crippen LogP contribution is -2.16. The first-order chi connectivity index (χ1) is 11.1. The number of hydrogen-bond donors (Lipinski definition) is 2. The standard InChI is InChI=1S/C16H15Cl3N4/c17-11-6-10(7-12(18)8-11)2-1-5-20-9-15-21-13-3-4-14(19)22-16(13)23-15/h3-4,6-8,20H,1-2,5,9H2,(H,21,22,23). The van der Waals surface area contributed by atoms with Gasteiger partial charge in [-0.1, -0.05) is 34.8 Å². The summed E-state index contributed by atoms with van der Waals surface area (Å²) in [6.45, 7) is 1.53. The SMILES string of the molecule is Clc1cc(Cl)cc(CCCNCc2nc3nc(Cl)ccc3[nH]2)c1. The molecule has 0 radical (unpaired) electrons. The normalized spacial score (nSPS) is 11.3. The molecular weight excluding hydrogens is 355 g/mol. The average Bonchev–Trinajstić information content (AvgIpc) is 2.87. The van der Waals surface area contributed by atoms with Gasteiger partial charge >= 0.3 is 0 Å². The monoisotopic (exact) mass is 368 g/mol. The van der Waals surface area contributed by atoms with E-state index in [9.17, 15) is 0 Å². The van der Waals surface area contributed by atoms with E-state index in [1.165, 1.54) is 0 Å². The molecule has 0 amide bonds. The number of halogens is 3. The summed E-state index contributed by atoms with van der Waals surface area (Å²) in [5.74, 6) is 0.848. The number of fused-ring (bicyclic) bond motifs is 1. The molecule has 1 aromatic carbocycles. The van der Waals surface area contributed by atoms with Gasteiger partial charge in [-0.15, -0.1) is 0 Å². The van der Waals surface area contributed by atoms with Crippen LogP contribution >= 0.6 is 34.8 Å². The van der Waals surface area contributed by atoms with Gasteiger partial charge in [0.1, 0.15) is 11.0 Å². The molecule has 3 rings (SSSR count). The Bertz CT molecular complexity index is 796. The van der Waals surface area contributed by atoms with Crippen LogP contribution in [0.15, 0.2) is 30.3 Å². The Morgan fingerprint density at radius 2 is 1.78 bits per heavy atom. The van der Waals surface area contributed by atoms with Crippen molar-refractivity contribution in [3.8, 4) is 0 Å². The van der Waals surface area contributed by atoms with Gasteiger partial charge in [0.2, 0.25) is 0 Å². The predicted octanol–water partition coefficient (Wildman–Crippen LogP) is 4.64. The lowest BCUT2D eigenvalue weighted by atomic mass is 10.1. The van der Waals surface area contributed by atoms with Crippen molar-refractivity contribution in [1.82, 2.24) is 20.3 Å². The molecule has 0 aliphatic heterocycles. The summed E-state index contributed by atoms with van der Waals surface area (Å²) in [7, 11) is 0. The maximum absolute atomic E-state index is 5.99. The Balaban J connectivity index is 1.47. The van der Waals surface area contributed by atoms with Gasteiger partial charge in [0, 0.05) is 10.0 Å². The zero-order chi connectivity index (χ0) is 16.2. The molecule has 0 fully saturated rings. The third-order valence-electron chi connectivity index (χ3n) is 3.39. The summed E-state index contributed by atoms with van der Waals surface area (Å²) in [4.78, 5) is 11.8. The number of nitrogens with zero attached hydrogens (tertiary/aromatic N) is 2. The highest BCUT2D eigenvalue weighted by atomic mass is 35.5. The van der Waals surface area contributed by atoms with E-state index in [0.717, 1.165) is 36.3 Å². The van der Waals surface area contributed by atoms with Crippen LogP contribution < -0.4 is 5.32 Å². The minimum absolute atomic E-state index is 0.448. The fourth-order valence-corrected chi connectivity index (χ4v) is 3.10. The molecule has 0 atom stereocenters. The number of aromatic nitrogens is 3. The smallest absolute Gasteiger partial charge is 0.179 e. The molecular formula is C16H15Cl3N4. The molecule has 2 aromatic heterocycles. The number of benzene rings is 1. The van der Waals surface area contributed by atoms with Crippen molar-refractivity contribution in [2.24, 2.45) is 0 Å². The van der Waals surface area contributed by atoms with E-state index in [2.05, 4.69) is 20.3 Å². The number of rotatable bonds is 6. The van der Waals surface area contributed by atoms with Crippen LogP contribution in [0.25, 0.3) is 11.2 Å². The molecule has 0 spiro atoms. The maximum atomic E-state index is 5.99. The Morgan fingerprint density at radius 3 is 2.57 bits per heavy atom. The Morgan fingerprint density at radius 1 is 1.00 bits per heavy atom. The van der Waals surface area contributed by atoms with E-state index in [1.807, 2.05) is 18.2 Å². The van der Waals surface area contributed by atoms with Crippen molar-refractivity contribution in [2.45, 2.75) is 19.4 Å². The largest absolute Gasteiger partial charge is 0.340 e. The molecule has 3 aromatic rings. The van der Waals surface area contributed by atoms with Gasteiger partial charge in [-0.2, -0.15) is 0 Å². The lowest BCUT2D eigenvalue weighted by Gasteiger charge is -2.04. The van der Waals surface area contributed by atoms with Crippen LogP contribution in [0.1, 0.15) is 17.8 Å². The zero-order valence-electron chi connectivity index (χ0n) is 12.2. The van der Waals surface area contributed by atoms with Crippen LogP contribution in [0.5, 0.6) is 0 Å². The molecule has 23 heavy (non-hydrogen) atoms. The number of aryl methyl sites for hydroxylation is 1. The minimum Gasteiger partial charge on any atom is -0.340 e. The van der Waals surface area contributed by atoms with Crippen LogP contribution in [0.3, 0.4) is 0 Å². The number of nitrogens with one attached hydrogen (secondary N) is 2. The minimum atomic E-state index is 0.448. The topological polar surface area (TPSA) is 53.6 Å². The predicted molar refractivity (Wildman–Crippen MR) is 95.4 cm³/mol. The molecule has 2 heterocycles. The van der Waals surface area contributed by atoms with Gasteiger partial charge in [-0.3, -0.25) is 0 Å². The fourth-order valence-electron chi connectivity index (χ4n) is 2.38. The molecule has 4 nitrogen and oxygen atoms in total. The molecule has 2 N–H and O–H groups in total. The number of H-pyrrole nitrogens is 1. The third-order valence-corrected chi connectivity index (χ3v) is 4.04. The first-order valence-corrected chi connectivity index (χ1v) is 8.40. The highest BCUT2D eigenvalue weighted by molar-refractivity contribution is 6.34. The van der Waals surface area contributed by atoms with Gasteiger partial charge in [0.25, 0.3) is 0 Å². The summed E-state index contributed by atoms with van der Waals surface area (Å²) >= 11 is 17.8. The van der Waals surface area contributed by atoms with E-state index < -0.39 is 0 Å². The van der Waals surface area contributed by atoms with Gasteiger partial charge in [0.15, 0.2) is 5.65 Å². The summed E-state index contributed by atoms with van der Waals surface area (Å²) in [5.41, 5.74) is 2.68. The molecule has 0 aliphatic carbocycles. The number of aromatic amines is 1. The summed E-state index contributed by atoms with van der Waals surface area (Å²) < 4.78 is 0. The van der Waals surface area contributed by atoms with Gasteiger partial charge < -0.3 is 10.3 Å². The van der Waals surface area contributed by atoms with E-state index in [-0.39, 0.29) is 0 Å². The fraction of sp³-hybridized carbons (Fsp3) is 0.250. The molecule has 0 saturated heterocycles. The van der Waals surface area contributed by atoms with Crippen LogP contribution in [0.2, 0.25) is 15.2 Å². The molecule has 0 unspecified atom stereocenters. The van der Waals surface area contributed by atoms with Crippen LogP contribution in [-0.4, -0.2) is 21.5 Å². The van der Waals surface area contributed by atoms with Crippen LogP contribution in [0, 0.1) is 0 Å². The first kappa shape index (κ1) is 16.5. The lowest BCUT2D eigenvalue weighted by molar-refractivity contribution is 0.634. The number of hydrogen-bond acceptors (Lipinski definition) is 3. The first-order valence-electron chi connectivity index (χ1n) is 7.27. The van der Waals surface area contributed by atoms with Gasteiger partial charge in [-0.25, -0.2) is 9.97 Å². The van der Waals surface area contributed by atoms with Crippen molar-refractivity contribution in [2.75, 3.05) is 6.54 Å². The van der Waals surface area contributed by atoms with E-state index in [4.69, 9.17) is 34.8 Å². The van der Waals surface area contributed by atoms with Crippen molar-refractivity contribution in [3.63, 3.8) is 0 Å². The van der Waals surface area contributed by atoms with Crippen molar-refractivity contribution in [1.29, 1.82) is 0 Å². The number of imidazole rings is 1.